The summed E-state index contributed by atoms with van der Waals surface area (Å²) in [6, 6.07) is 2.33. The van der Waals surface area contributed by atoms with Crippen LogP contribution in [0.5, 0.6) is 0 Å². The lowest BCUT2D eigenvalue weighted by molar-refractivity contribution is 0.193. The first kappa shape index (κ1) is 14.0. The third-order valence-electron chi connectivity index (χ3n) is 3.83. The van der Waals surface area contributed by atoms with E-state index in [1.165, 1.54) is 6.07 Å². The summed E-state index contributed by atoms with van der Waals surface area (Å²) < 4.78 is 39.9. The largest absolute Gasteiger partial charge is 0.366 e. The molecule has 1 aliphatic carbocycles. The zero-order valence-corrected chi connectivity index (χ0v) is 11.4. The smallest absolute Gasteiger partial charge is 0.317 e. The number of hydrogen-bond acceptors (Lipinski definition) is 2. The van der Waals surface area contributed by atoms with Gasteiger partial charge >= 0.3 is 6.03 Å². The predicted molar refractivity (Wildman–Crippen MR) is 71.7 cm³/mol. The number of amides is 2. The van der Waals surface area contributed by atoms with Crippen LogP contribution in [-0.2, 0) is 0 Å². The number of urea groups is 1. The third-order valence-corrected chi connectivity index (χ3v) is 3.83. The molecule has 0 unspecified atom stereocenters. The van der Waals surface area contributed by atoms with Gasteiger partial charge in [-0.1, -0.05) is 0 Å². The van der Waals surface area contributed by atoms with Crippen molar-refractivity contribution in [2.24, 2.45) is 0 Å². The molecule has 21 heavy (non-hydrogen) atoms. The van der Waals surface area contributed by atoms with Gasteiger partial charge in [-0.05, 0) is 25.0 Å². The van der Waals surface area contributed by atoms with Gasteiger partial charge < -0.3 is 15.1 Å². The van der Waals surface area contributed by atoms with Crippen LogP contribution in [0, 0.1) is 17.5 Å². The number of piperazine rings is 1. The Hall–Kier alpha value is -1.92. The van der Waals surface area contributed by atoms with Crippen molar-refractivity contribution in [3.05, 3.63) is 29.6 Å². The van der Waals surface area contributed by atoms with Crippen molar-refractivity contribution in [3.8, 4) is 0 Å². The minimum Gasteiger partial charge on any atom is -0.366 e. The lowest BCUT2D eigenvalue weighted by atomic mass is 10.2. The van der Waals surface area contributed by atoms with Crippen LogP contribution in [-0.4, -0.2) is 43.2 Å². The molecule has 1 aromatic carbocycles. The highest BCUT2D eigenvalue weighted by Gasteiger charge is 2.28. The van der Waals surface area contributed by atoms with Gasteiger partial charge in [-0.15, -0.1) is 0 Å². The van der Waals surface area contributed by atoms with Crippen molar-refractivity contribution in [1.82, 2.24) is 10.2 Å². The number of halogens is 3. The first-order chi connectivity index (χ1) is 10.1. The number of hydrogen-bond donors (Lipinski definition) is 1. The van der Waals surface area contributed by atoms with E-state index in [-0.39, 0.29) is 11.7 Å². The molecule has 0 spiro atoms. The minimum atomic E-state index is -1.46. The Bertz CT molecular complexity index is 555. The fraction of sp³-hybridized carbons (Fsp3) is 0.500. The fourth-order valence-electron chi connectivity index (χ4n) is 2.40. The average molecular weight is 299 g/mol. The molecule has 1 saturated heterocycles. The van der Waals surface area contributed by atoms with Crippen molar-refractivity contribution >= 4 is 11.7 Å². The second kappa shape index (κ2) is 5.46. The van der Waals surface area contributed by atoms with E-state index in [2.05, 4.69) is 5.32 Å². The van der Waals surface area contributed by atoms with E-state index >= 15 is 0 Å². The first-order valence-electron chi connectivity index (χ1n) is 7.00. The molecular formula is C14H16F3N3O. The molecule has 1 heterocycles. The Kier molecular flexibility index (Phi) is 3.65. The van der Waals surface area contributed by atoms with Crippen LogP contribution in [0.2, 0.25) is 0 Å². The van der Waals surface area contributed by atoms with E-state index in [0.29, 0.717) is 32.2 Å². The molecule has 7 heteroatoms. The monoisotopic (exact) mass is 299 g/mol. The molecule has 4 nitrogen and oxygen atoms in total. The van der Waals surface area contributed by atoms with Gasteiger partial charge in [0.1, 0.15) is 0 Å². The molecule has 3 rings (SSSR count). The average Bonchev–Trinajstić information content (AvgIpc) is 3.29. The highest BCUT2D eigenvalue weighted by atomic mass is 19.2. The molecule has 0 aromatic heterocycles. The molecule has 1 saturated carbocycles. The number of rotatable bonds is 2. The van der Waals surface area contributed by atoms with Gasteiger partial charge in [0, 0.05) is 32.2 Å². The van der Waals surface area contributed by atoms with E-state index in [1.54, 1.807) is 9.80 Å². The van der Waals surface area contributed by atoms with Crippen LogP contribution in [0.1, 0.15) is 12.8 Å². The van der Waals surface area contributed by atoms with Crippen LogP contribution in [0.4, 0.5) is 23.7 Å². The maximum Gasteiger partial charge on any atom is 0.317 e. The van der Waals surface area contributed by atoms with E-state index in [4.69, 9.17) is 0 Å². The SMILES string of the molecule is O=C(NC1CC1)N1CCN(c2ccc(F)c(F)c2F)CC1. The van der Waals surface area contributed by atoms with Gasteiger partial charge in [0.25, 0.3) is 0 Å². The van der Waals surface area contributed by atoms with Crippen LogP contribution in [0.15, 0.2) is 12.1 Å². The second-order valence-corrected chi connectivity index (χ2v) is 5.39. The Balaban J connectivity index is 1.62. The summed E-state index contributed by atoms with van der Waals surface area (Å²) in [6.07, 6.45) is 2.04. The zero-order valence-electron chi connectivity index (χ0n) is 11.4. The molecule has 1 N–H and O–H groups in total. The highest BCUT2D eigenvalue weighted by Crippen LogP contribution is 2.25. The lowest BCUT2D eigenvalue weighted by Gasteiger charge is -2.36. The maximum absolute atomic E-state index is 13.7. The van der Waals surface area contributed by atoms with Crippen LogP contribution >= 0.6 is 0 Å². The summed E-state index contributed by atoms with van der Waals surface area (Å²) in [4.78, 5) is 15.2. The summed E-state index contributed by atoms with van der Waals surface area (Å²) in [5.41, 5.74) is 0.0381. The second-order valence-electron chi connectivity index (χ2n) is 5.39. The lowest BCUT2D eigenvalue weighted by Crippen LogP contribution is -2.52. The van der Waals surface area contributed by atoms with E-state index in [1.807, 2.05) is 0 Å². The van der Waals surface area contributed by atoms with E-state index in [9.17, 15) is 18.0 Å². The van der Waals surface area contributed by atoms with Crippen molar-refractivity contribution in [2.75, 3.05) is 31.1 Å². The number of carbonyl (C=O) groups excluding carboxylic acids is 1. The number of anilines is 1. The summed E-state index contributed by atoms with van der Waals surface area (Å²) in [7, 11) is 0. The summed E-state index contributed by atoms with van der Waals surface area (Å²) in [5.74, 6) is -3.83. The topological polar surface area (TPSA) is 35.6 Å². The molecule has 0 radical (unpaired) electrons. The minimum absolute atomic E-state index is 0.0381. The van der Waals surface area contributed by atoms with Gasteiger partial charge in [-0.2, -0.15) is 0 Å². The quantitative estimate of drug-likeness (QED) is 0.849. The Morgan fingerprint density at radius 3 is 2.33 bits per heavy atom. The van der Waals surface area contributed by atoms with Gasteiger partial charge in [0.15, 0.2) is 17.5 Å². The Morgan fingerprint density at radius 2 is 1.71 bits per heavy atom. The third kappa shape index (κ3) is 2.91. The summed E-state index contributed by atoms with van der Waals surface area (Å²) in [5, 5.41) is 2.89. The molecule has 0 atom stereocenters. The molecule has 2 fully saturated rings. The molecular weight excluding hydrogens is 283 g/mol. The highest BCUT2D eigenvalue weighted by molar-refractivity contribution is 5.75. The normalized spacial score (nSPS) is 18.8. The molecule has 0 bridgehead atoms. The Labute approximate surface area is 120 Å². The summed E-state index contributed by atoms with van der Waals surface area (Å²) >= 11 is 0. The van der Waals surface area contributed by atoms with Crippen molar-refractivity contribution in [3.63, 3.8) is 0 Å². The molecule has 1 aliphatic heterocycles. The Morgan fingerprint density at radius 1 is 1.05 bits per heavy atom. The number of benzene rings is 1. The number of nitrogens with zero attached hydrogens (tertiary/aromatic N) is 2. The van der Waals surface area contributed by atoms with Gasteiger partial charge in [-0.3, -0.25) is 0 Å². The van der Waals surface area contributed by atoms with Crippen molar-refractivity contribution < 1.29 is 18.0 Å². The fourth-order valence-corrected chi connectivity index (χ4v) is 2.40. The van der Waals surface area contributed by atoms with Crippen LogP contribution in [0.25, 0.3) is 0 Å². The zero-order chi connectivity index (χ0) is 15.0. The van der Waals surface area contributed by atoms with Gasteiger partial charge in [0.05, 0.1) is 5.69 Å². The van der Waals surface area contributed by atoms with E-state index in [0.717, 1.165) is 18.9 Å². The first-order valence-corrected chi connectivity index (χ1v) is 7.00. The number of nitrogens with one attached hydrogen (secondary N) is 1. The van der Waals surface area contributed by atoms with Crippen LogP contribution in [0.3, 0.4) is 0 Å². The number of carbonyl (C=O) groups is 1. The van der Waals surface area contributed by atoms with Crippen molar-refractivity contribution in [2.45, 2.75) is 18.9 Å². The molecule has 2 aliphatic rings. The van der Waals surface area contributed by atoms with Gasteiger partial charge in [-0.25, -0.2) is 18.0 Å². The summed E-state index contributed by atoms with van der Waals surface area (Å²) in [6.45, 7) is 1.63. The standard InChI is InChI=1S/C14H16F3N3O/c15-10-3-4-11(13(17)12(10)16)19-5-7-20(8-6-19)14(21)18-9-1-2-9/h3-4,9H,1-2,5-8H2,(H,18,21). The molecule has 2 amide bonds. The molecule has 1 aromatic rings. The van der Waals surface area contributed by atoms with Crippen molar-refractivity contribution in [1.29, 1.82) is 0 Å². The maximum atomic E-state index is 13.7. The van der Waals surface area contributed by atoms with Crippen LogP contribution < -0.4 is 10.2 Å². The van der Waals surface area contributed by atoms with Gasteiger partial charge in [0.2, 0.25) is 0 Å². The molecule has 114 valence electrons. The van der Waals surface area contributed by atoms with E-state index < -0.39 is 17.5 Å². The predicted octanol–water partition coefficient (Wildman–Crippen LogP) is 2.10.